The molecule has 0 radical (unpaired) electrons. The predicted molar refractivity (Wildman–Crippen MR) is 104 cm³/mol. The van der Waals surface area contributed by atoms with E-state index in [2.05, 4.69) is 10.2 Å². The van der Waals surface area contributed by atoms with Crippen molar-refractivity contribution in [3.8, 4) is 0 Å². The van der Waals surface area contributed by atoms with Gasteiger partial charge < -0.3 is 10.2 Å². The molecule has 0 atom stereocenters. The molecular formula is C22H25FN2O2. The Kier molecular flexibility index (Phi) is 6.71. The summed E-state index contributed by atoms with van der Waals surface area (Å²) in [6, 6.07) is 12.1. The second-order valence-corrected chi connectivity index (χ2v) is 6.89. The van der Waals surface area contributed by atoms with Crippen molar-refractivity contribution in [2.24, 2.45) is 0 Å². The van der Waals surface area contributed by atoms with Crippen molar-refractivity contribution in [1.29, 1.82) is 0 Å². The average Bonchev–Trinajstić information content (AvgIpc) is 2.72. The van der Waals surface area contributed by atoms with Gasteiger partial charge >= 0.3 is 0 Å². The zero-order valence-corrected chi connectivity index (χ0v) is 15.4. The number of piperidine rings is 1. The molecule has 1 aliphatic heterocycles. The molecule has 0 bridgehead atoms. The lowest BCUT2D eigenvalue weighted by Crippen LogP contribution is -2.33. The number of hydrogen-bond donors (Lipinski definition) is 1. The van der Waals surface area contributed by atoms with Gasteiger partial charge in [0.25, 0.3) is 5.91 Å². The SMILES string of the molecule is O=C(NCCCN1CCCCC1)c1ccccc1C(=O)c1ccc(F)cc1. The van der Waals surface area contributed by atoms with Crippen LogP contribution in [0.3, 0.4) is 0 Å². The molecule has 27 heavy (non-hydrogen) atoms. The van der Waals surface area contributed by atoms with Crippen LogP contribution in [0.1, 0.15) is 52.0 Å². The van der Waals surface area contributed by atoms with Crippen LogP contribution in [-0.2, 0) is 0 Å². The molecule has 1 aliphatic rings. The smallest absolute Gasteiger partial charge is 0.252 e. The lowest BCUT2D eigenvalue weighted by atomic mass is 9.98. The van der Waals surface area contributed by atoms with Gasteiger partial charge in [-0.1, -0.05) is 24.6 Å². The second-order valence-electron chi connectivity index (χ2n) is 6.89. The molecule has 2 aromatic carbocycles. The molecule has 1 heterocycles. The van der Waals surface area contributed by atoms with E-state index in [1.807, 2.05) is 0 Å². The van der Waals surface area contributed by atoms with Crippen LogP contribution < -0.4 is 5.32 Å². The summed E-state index contributed by atoms with van der Waals surface area (Å²) in [5.41, 5.74) is 1.05. The summed E-state index contributed by atoms with van der Waals surface area (Å²) in [6.45, 7) is 3.84. The zero-order chi connectivity index (χ0) is 19.1. The Morgan fingerprint density at radius 3 is 2.30 bits per heavy atom. The fourth-order valence-corrected chi connectivity index (χ4v) is 3.42. The first-order valence-corrected chi connectivity index (χ1v) is 9.55. The molecule has 0 aromatic heterocycles. The maximum absolute atomic E-state index is 13.1. The number of benzene rings is 2. The number of rotatable bonds is 7. The Morgan fingerprint density at radius 1 is 0.926 bits per heavy atom. The van der Waals surface area contributed by atoms with E-state index in [1.165, 1.54) is 43.5 Å². The number of ketones is 1. The summed E-state index contributed by atoms with van der Waals surface area (Å²) in [5.74, 6) is -0.931. The van der Waals surface area contributed by atoms with E-state index >= 15 is 0 Å². The summed E-state index contributed by atoms with van der Waals surface area (Å²) in [7, 11) is 0. The Balaban J connectivity index is 1.59. The first kappa shape index (κ1) is 19.2. The van der Waals surface area contributed by atoms with Crippen LogP contribution >= 0.6 is 0 Å². The first-order valence-electron chi connectivity index (χ1n) is 9.55. The fraction of sp³-hybridized carbons (Fsp3) is 0.364. The molecule has 0 saturated carbocycles. The van der Waals surface area contributed by atoms with Gasteiger partial charge in [-0.2, -0.15) is 0 Å². The number of nitrogens with one attached hydrogen (secondary N) is 1. The fourth-order valence-electron chi connectivity index (χ4n) is 3.42. The van der Waals surface area contributed by atoms with Gasteiger partial charge in [0, 0.05) is 17.7 Å². The van der Waals surface area contributed by atoms with Crippen LogP contribution in [0.4, 0.5) is 4.39 Å². The van der Waals surface area contributed by atoms with Crippen LogP contribution in [0, 0.1) is 5.82 Å². The Bertz CT molecular complexity index is 783. The number of likely N-dealkylation sites (tertiary alicyclic amines) is 1. The summed E-state index contributed by atoms with van der Waals surface area (Å²) in [5, 5.41) is 2.92. The first-order chi connectivity index (χ1) is 13.1. The third kappa shape index (κ3) is 5.23. The quantitative estimate of drug-likeness (QED) is 0.599. The van der Waals surface area contributed by atoms with Gasteiger partial charge in [-0.25, -0.2) is 4.39 Å². The Labute approximate surface area is 159 Å². The number of carbonyl (C=O) groups is 2. The highest BCUT2D eigenvalue weighted by molar-refractivity contribution is 6.15. The van der Waals surface area contributed by atoms with E-state index in [-0.39, 0.29) is 11.7 Å². The maximum Gasteiger partial charge on any atom is 0.252 e. The van der Waals surface area contributed by atoms with Gasteiger partial charge in [0.2, 0.25) is 0 Å². The van der Waals surface area contributed by atoms with Gasteiger partial charge in [-0.15, -0.1) is 0 Å². The molecular weight excluding hydrogens is 343 g/mol. The highest BCUT2D eigenvalue weighted by Gasteiger charge is 2.18. The molecule has 1 amide bonds. The molecule has 0 aliphatic carbocycles. The maximum atomic E-state index is 13.1. The topological polar surface area (TPSA) is 49.4 Å². The van der Waals surface area contributed by atoms with Crippen molar-refractivity contribution in [3.05, 3.63) is 71.0 Å². The summed E-state index contributed by atoms with van der Waals surface area (Å²) in [4.78, 5) is 27.7. The van der Waals surface area contributed by atoms with E-state index in [9.17, 15) is 14.0 Å². The van der Waals surface area contributed by atoms with Gasteiger partial charge in [0.05, 0.1) is 5.56 Å². The molecule has 1 saturated heterocycles. The largest absolute Gasteiger partial charge is 0.352 e. The second kappa shape index (κ2) is 9.42. The minimum atomic E-state index is -0.397. The summed E-state index contributed by atoms with van der Waals surface area (Å²) < 4.78 is 13.1. The van der Waals surface area contributed by atoms with Gasteiger partial charge in [-0.05, 0) is 69.2 Å². The monoisotopic (exact) mass is 368 g/mol. The van der Waals surface area contributed by atoms with Crippen molar-refractivity contribution in [2.75, 3.05) is 26.2 Å². The van der Waals surface area contributed by atoms with Crippen LogP contribution in [0.15, 0.2) is 48.5 Å². The van der Waals surface area contributed by atoms with E-state index in [4.69, 9.17) is 0 Å². The molecule has 0 spiro atoms. The molecule has 0 unspecified atom stereocenters. The van der Waals surface area contributed by atoms with Crippen LogP contribution in [0.25, 0.3) is 0 Å². The Hall–Kier alpha value is -2.53. The Morgan fingerprint density at radius 2 is 1.59 bits per heavy atom. The van der Waals surface area contributed by atoms with Gasteiger partial charge in [0.1, 0.15) is 5.82 Å². The van der Waals surface area contributed by atoms with Crippen LogP contribution in [0.5, 0.6) is 0 Å². The third-order valence-corrected chi connectivity index (χ3v) is 4.91. The van der Waals surface area contributed by atoms with Gasteiger partial charge in [-0.3, -0.25) is 9.59 Å². The molecule has 2 aromatic rings. The number of amides is 1. The number of nitrogens with zero attached hydrogens (tertiary/aromatic N) is 1. The predicted octanol–water partition coefficient (Wildman–Crippen LogP) is 3.66. The highest BCUT2D eigenvalue weighted by atomic mass is 19.1. The third-order valence-electron chi connectivity index (χ3n) is 4.91. The van der Waals surface area contributed by atoms with E-state index in [0.717, 1.165) is 26.1 Å². The van der Waals surface area contributed by atoms with Crippen LogP contribution in [-0.4, -0.2) is 42.8 Å². The molecule has 142 valence electrons. The normalized spacial score (nSPS) is 14.7. The minimum Gasteiger partial charge on any atom is -0.352 e. The van der Waals surface area contributed by atoms with Crippen molar-refractivity contribution in [1.82, 2.24) is 10.2 Å². The van der Waals surface area contributed by atoms with Crippen molar-refractivity contribution >= 4 is 11.7 Å². The molecule has 3 rings (SSSR count). The van der Waals surface area contributed by atoms with Gasteiger partial charge in [0.15, 0.2) is 5.78 Å². The number of carbonyl (C=O) groups excluding carboxylic acids is 2. The number of halogens is 1. The van der Waals surface area contributed by atoms with Crippen molar-refractivity contribution in [2.45, 2.75) is 25.7 Å². The van der Waals surface area contributed by atoms with Crippen molar-refractivity contribution < 1.29 is 14.0 Å². The summed E-state index contributed by atoms with van der Waals surface area (Å²) >= 11 is 0. The van der Waals surface area contributed by atoms with E-state index < -0.39 is 5.82 Å². The zero-order valence-electron chi connectivity index (χ0n) is 15.4. The van der Waals surface area contributed by atoms with E-state index in [1.54, 1.807) is 24.3 Å². The molecule has 4 nitrogen and oxygen atoms in total. The lowest BCUT2D eigenvalue weighted by Gasteiger charge is -2.26. The van der Waals surface area contributed by atoms with E-state index in [0.29, 0.717) is 23.2 Å². The number of hydrogen-bond acceptors (Lipinski definition) is 3. The lowest BCUT2D eigenvalue weighted by molar-refractivity contribution is 0.0940. The highest BCUT2D eigenvalue weighted by Crippen LogP contribution is 2.15. The van der Waals surface area contributed by atoms with Crippen molar-refractivity contribution in [3.63, 3.8) is 0 Å². The summed E-state index contributed by atoms with van der Waals surface area (Å²) in [6.07, 6.45) is 4.71. The standard InChI is InChI=1S/C22H25FN2O2/c23-18-11-9-17(10-12-18)21(26)19-7-2-3-8-20(19)22(27)24-13-6-16-25-14-4-1-5-15-25/h2-3,7-12H,1,4-6,13-16H2,(H,24,27). The molecule has 5 heteroatoms. The average molecular weight is 368 g/mol. The van der Waals surface area contributed by atoms with Crippen LogP contribution in [0.2, 0.25) is 0 Å². The molecule has 1 N–H and O–H groups in total. The minimum absolute atomic E-state index is 0.250. The molecule has 1 fully saturated rings.